The Labute approximate surface area is 176 Å². The molecule has 1 aliphatic rings. The number of nitrogens with one attached hydrogen (secondary N) is 2. The van der Waals surface area contributed by atoms with E-state index < -0.39 is 23.4 Å². The van der Waals surface area contributed by atoms with E-state index in [2.05, 4.69) is 20.6 Å². The molecule has 2 N–H and O–H groups in total. The lowest BCUT2D eigenvalue weighted by molar-refractivity contribution is -0.137. The molecule has 9 heteroatoms. The zero-order valence-corrected chi connectivity index (χ0v) is 16.4. The predicted octanol–water partition coefficient (Wildman–Crippen LogP) is 6.44. The smallest absolute Gasteiger partial charge is 0.421 e. The van der Waals surface area contributed by atoms with Crippen LogP contribution in [0.15, 0.2) is 54.7 Å². The quantitative estimate of drug-likeness (QED) is 0.439. The second-order valence-corrected chi connectivity index (χ2v) is 7.26. The normalized spacial score (nSPS) is 14.5. The van der Waals surface area contributed by atoms with Gasteiger partial charge in [0.15, 0.2) is 0 Å². The largest absolute Gasteiger partial charge is 0.490 e. The summed E-state index contributed by atoms with van der Waals surface area (Å²) in [6.07, 6.45) is 0.367. The van der Waals surface area contributed by atoms with Gasteiger partial charge in [0.1, 0.15) is 22.9 Å². The fourth-order valence-corrected chi connectivity index (χ4v) is 3.39. The highest BCUT2D eigenvalue weighted by Gasteiger charge is 2.35. The van der Waals surface area contributed by atoms with Gasteiger partial charge in [-0.25, -0.2) is 9.37 Å². The lowest BCUT2D eigenvalue weighted by Crippen LogP contribution is -2.13. The molecule has 0 unspecified atom stereocenters. The van der Waals surface area contributed by atoms with Crippen LogP contribution in [0.2, 0.25) is 0 Å². The van der Waals surface area contributed by atoms with Crippen molar-refractivity contribution in [1.82, 2.24) is 9.97 Å². The average Bonchev–Trinajstić information content (AvgIpc) is 3.22. The van der Waals surface area contributed by atoms with Crippen molar-refractivity contribution in [3.05, 3.63) is 66.1 Å². The molecule has 31 heavy (non-hydrogen) atoms. The summed E-state index contributed by atoms with van der Waals surface area (Å²) < 4.78 is 59.5. The van der Waals surface area contributed by atoms with Crippen molar-refractivity contribution < 1.29 is 22.3 Å². The van der Waals surface area contributed by atoms with Crippen LogP contribution in [0.1, 0.15) is 31.2 Å². The van der Waals surface area contributed by atoms with Gasteiger partial charge in [-0.05, 0) is 62.1 Å². The first kappa shape index (κ1) is 20.9. The van der Waals surface area contributed by atoms with Crippen molar-refractivity contribution in [2.45, 2.75) is 38.0 Å². The van der Waals surface area contributed by atoms with Crippen molar-refractivity contribution in [2.24, 2.45) is 0 Å². The lowest BCUT2D eigenvalue weighted by atomic mass is 10.2. The first-order valence-electron chi connectivity index (χ1n) is 9.87. The molecule has 0 spiro atoms. The van der Waals surface area contributed by atoms with Gasteiger partial charge in [0.2, 0.25) is 5.95 Å². The molecule has 1 saturated carbocycles. The van der Waals surface area contributed by atoms with Crippen LogP contribution in [0.25, 0.3) is 0 Å². The Morgan fingerprint density at radius 3 is 2.39 bits per heavy atom. The third-order valence-corrected chi connectivity index (χ3v) is 4.90. The van der Waals surface area contributed by atoms with Crippen molar-refractivity contribution in [2.75, 3.05) is 10.6 Å². The maximum Gasteiger partial charge on any atom is 0.421 e. The van der Waals surface area contributed by atoms with Gasteiger partial charge in [0.25, 0.3) is 0 Å². The molecular weight excluding hydrogens is 412 g/mol. The van der Waals surface area contributed by atoms with Crippen LogP contribution in [0.4, 0.5) is 40.7 Å². The number of halogens is 4. The van der Waals surface area contributed by atoms with Gasteiger partial charge in [-0.15, -0.1) is 0 Å². The van der Waals surface area contributed by atoms with Gasteiger partial charge in [-0.2, -0.15) is 18.2 Å². The topological polar surface area (TPSA) is 59.1 Å². The van der Waals surface area contributed by atoms with Gasteiger partial charge in [-0.1, -0.05) is 6.07 Å². The van der Waals surface area contributed by atoms with Crippen LogP contribution in [0, 0.1) is 5.82 Å². The minimum absolute atomic E-state index is 0.0551. The summed E-state index contributed by atoms with van der Waals surface area (Å²) in [5.74, 6) is -0.296. The Morgan fingerprint density at radius 2 is 1.68 bits per heavy atom. The summed E-state index contributed by atoms with van der Waals surface area (Å²) in [5, 5.41) is 5.50. The Morgan fingerprint density at radius 1 is 0.935 bits per heavy atom. The van der Waals surface area contributed by atoms with Crippen molar-refractivity contribution in [3.63, 3.8) is 0 Å². The maximum absolute atomic E-state index is 13.5. The Balaban J connectivity index is 1.58. The SMILES string of the molecule is Fc1ccc(Nc2ncc(C(F)(F)F)c(Nc3cccc(OC4CCCC4)c3)n2)cc1. The minimum atomic E-state index is -4.64. The molecule has 0 aliphatic heterocycles. The zero-order chi connectivity index (χ0) is 21.8. The Bertz CT molecular complexity index is 1030. The Kier molecular flexibility index (Phi) is 5.92. The average molecular weight is 432 g/mol. The maximum atomic E-state index is 13.5. The highest BCUT2D eigenvalue weighted by molar-refractivity contribution is 5.64. The van der Waals surface area contributed by atoms with E-state index in [4.69, 9.17) is 4.74 Å². The van der Waals surface area contributed by atoms with E-state index in [-0.39, 0.29) is 12.1 Å². The van der Waals surface area contributed by atoms with Gasteiger partial charge >= 0.3 is 6.18 Å². The number of rotatable bonds is 6. The van der Waals surface area contributed by atoms with Gasteiger partial charge in [-0.3, -0.25) is 0 Å². The third kappa shape index (κ3) is 5.42. The molecule has 162 valence electrons. The van der Waals surface area contributed by atoms with Crippen LogP contribution >= 0.6 is 0 Å². The molecule has 1 fully saturated rings. The molecule has 1 aromatic heterocycles. The summed E-state index contributed by atoms with van der Waals surface area (Å²) in [6.45, 7) is 0. The zero-order valence-electron chi connectivity index (χ0n) is 16.4. The summed E-state index contributed by atoms with van der Waals surface area (Å²) in [5.41, 5.74) is -0.147. The van der Waals surface area contributed by atoms with Gasteiger partial charge < -0.3 is 15.4 Å². The van der Waals surface area contributed by atoms with E-state index >= 15 is 0 Å². The molecule has 0 saturated heterocycles. The molecule has 0 atom stereocenters. The van der Waals surface area contributed by atoms with Crippen molar-refractivity contribution >= 4 is 23.1 Å². The lowest BCUT2D eigenvalue weighted by Gasteiger charge is -2.16. The molecule has 0 radical (unpaired) electrons. The number of nitrogens with zero attached hydrogens (tertiary/aromatic N) is 2. The van der Waals surface area contributed by atoms with E-state index in [9.17, 15) is 17.6 Å². The molecule has 5 nitrogen and oxygen atoms in total. The number of hydrogen-bond donors (Lipinski definition) is 2. The molecule has 1 heterocycles. The molecular formula is C22H20F4N4O. The first-order chi connectivity index (χ1) is 14.9. The molecule has 3 aromatic rings. The number of benzene rings is 2. The summed E-state index contributed by atoms with van der Waals surface area (Å²) in [4.78, 5) is 7.75. The van der Waals surface area contributed by atoms with Crippen LogP contribution in [0.5, 0.6) is 5.75 Å². The van der Waals surface area contributed by atoms with Gasteiger partial charge in [0, 0.05) is 23.6 Å². The summed E-state index contributed by atoms with van der Waals surface area (Å²) in [6, 6.07) is 12.1. The number of anilines is 4. The fraction of sp³-hybridized carbons (Fsp3) is 0.273. The fourth-order valence-electron chi connectivity index (χ4n) is 3.39. The monoisotopic (exact) mass is 432 g/mol. The summed E-state index contributed by atoms with van der Waals surface area (Å²) >= 11 is 0. The second kappa shape index (κ2) is 8.79. The molecule has 4 rings (SSSR count). The number of aromatic nitrogens is 2. The van der Waals surface area contributed by atoms with Crippen molar-refractivity contribution in [1.29, 1.82) is 0 Å². The predicted molar refractivity (Wildman–Crippen MR) is 109 cm³/mol. The molecule has 0 bridgehead atoms. The number of alkyl halides is 3. The highest BCUT2D eigenvalue weighted by atomic mass is 19.4. The third-order valence-electron chi connectivity index (χ3n) is 4.90. The van der Waals surface area contributed by atoms with Crippen LogP contribution < -0.4 is 15.4 Å². The van der Waals surface area contributed by atoms with E-state index in [0.29, 0.717) is 23.3 Å². The van der Waals surface area contributed by atoms with Crippen molar-refractivity contribution in [3.8, 4) is 5.75 Å². The van der Waals surface area contributed by atoms with Crippen LogP contribution in [0.3, 0.4) is 0 Å². The molecule has 0 amide bonds. The highest BCUT2D eigenvalue weighted by Crippen LogP contribution is 2.36. The number of hydrogen-bond acceptors (Lipinski definition) is 5. The minimum Gasteiger partial charge on any atom is -0.490 e. The van der Waals surface area contributed by atoms with Crippen LogP contribution in [-0.2, 0) is 6.18 Å². The molecule has 2 aromatic carbocycles. The van der Waals surface area contributed by atoms with Crippen LogP contribution in [-0.4, -0.2) is 16.1 Å². The standard InChI is InChI=1S/C22H20F4N4O/c23-14-8-10-15(11-9-14)29-21-27-13-19(22(24,25)26)20(30-21)28-16-4-3-7-18(12-16)31-17-5-1-2-6-17/h3-4,7-13,17H,1-2,5-6H2,(H2,27,28,29,30). The first-order valence-corrected chi connectivity index (χ1v) is 9.87. The molecule has 1 aliphatic carbocycles. The Hall–Kier alpha value is -3.36. The number of ether oxygens (including phenoxy) is 1. The van der Waals surface area contributed by atoms with E-state index in [1.54, 1.807) is 24.3 Å². The van der Waals surface area contributed by atoms with E-state index in [1.807, 2.05) is 0 Å². The van der Waals surface area contributed by atoms with E-state index in [1.165, 1.54) is 24.3 Å². The van der Waals surface area contributed by atoms with Gasteiger partial charge in [0.05, 0.1) is 6.10 Å². The second-order valence-electron chi connectivity index (χ2n) is 7.26. The van der Waals surface area contributed by atoms with E-state index in [0.717, 1.165) is 25.7 Å². The summed E-state index contributed by atoms with van der Waals surface area (Å²) in [7, 11) is 0.